The van der Waals surface area contributed by atoms with Crippen molar-refractivity contribution in [3.05, 3.63) is 96.4 Å². The van der Waals surface area contributed by atoms with E-state index in [0.29, 0.717) is 17.4 Å². The minimum Gasteiger partial charge on any atom is -0.438 e. The van der Waals surface area contributed by atoms with Crippen LogP contribution in [0.5, 0.6) is 0 Å². The summed E-state index contributed by atoms with van der Waals surface area (Å²) in [6.07, 6.45) is 1.71. The lowest BCUT2D eigenvalue weighted by Gasteiger charge is -2.11. The molecule has 0 fully saturated rings. The second-order valence-corrected chi connectivity index (χ2v) is 8.46. The average molecular weight is 459 g/mol. The fourth-order valence-electron chi connectivity index (χ4n) is 4.57. The van der Waals surface area contributed by atoms with Crippen LogP contribution < -0.4 is 0 Å². The molecule has 6 heteroatoms. The van der Waals surface area contributed by atoms with Gasteiger partial charge in [-0.2, -0.15) is 9.97 Å². The topological polar surface area (TPSA) is 64.7 Å². The SMILES string of the molecule is Clc1nc(-c2cnc3oc4ccccc4c3c2)nc(-c2cc3ccccc3c3ccccc23)n1. The fraction of sp³-hybridized carbons (Fsp3) is 0. The molecule has 0 amide bonds. The highest BCUT2D eigenvalue weighted by Gasteiger charge is 2.16. The first-order valence-electron chi connectivity index (χ1n) is 10.8. The number of nitrogens with zero attached hydrogens (tertiary/aromatic N) is 4. The lowest BCUT2D eigenvalue weighted by Crippen LogP contribution is -1.98. The molecule has 7 rings (SSSR count). The molecule has 3 aromatic heterocycles. The highest BCUT2D eigenvalue weighted by Crippen LogP contribution is 2.35. The predicted octanol–water partition coefficient (Wildman–Crippen LogP) is 7.46. The third-order valence-electron chi connectivity index (χ3n) is 6.11. The Balaban J connectivity index is 1.46. The van der Waals surface area contributed by atoms with Gasteiger partial charge in [0.1, 0.15) is 5.58 Å². The quantitative estimate of drug-likeness (QED) is 0.251. The van der Waals surface area contributed by atoms with Crippen LogP contribution in [0.3, 0.4) is 0 Å². The highest BCUT2D eigenvalue weighted by molar-refractivity contribution is 6.28. The first kappa shape index (κ1) is 19.1. The standard InChI is InChI=1S/C28H15ClN4O/c29-28-32-25(17-14-23-21-11-5-6-12-24(21)34-27(23)30-15-17)31-26(33-28)22-13-16-7-1-2-8-18(16)19-9-3-4-10-20(19)22/h1-15H. The van der Waals surface area contributed by atoms with Crippen LogP contribution in [0.15, 0.2) is 95.5 Å². The van der Waals surface area contributed by atoms with Crippen molar-refractivity contribution in [1.29, 1.82) is 0 Å². The van der Waals surface area contributed by atoms with E-state index in [1.807, 2.05) is 48.5 Å². The van der Waals surface area contributed by atoms with Gasteiger partial charge in [0.05, 0.1) is 0 Å². The Labute approximate surface area is 198 Å². The Hall–Kier alpha value is -4.35. The van der Waals surface area contributed by atoms with Crippen molar-refractivity contribution >= 4 is 55.2 Å². The second-order valence-electron chi connectivity index (χ2n) is 8.12. The molecule has 160 valence electrons. The van der Waals surface area contributed by atoms with Crippen LogP contribution in [0.25, 0.3) is 66.4 Å². The summed E-state index contributed by atoms with van der Waals surface area (Å²) in [5, 5.41) is 6.53. The molecular weight excluding hydrogens is 444 g/mol. The van der Waals surface area contributed by atoms with Crippen molar-refractivity contribution in [2.75, 3.05) is 0 Å². The molecular formula is C28H15ClN4O. The Morgan fingerprint density at radius 1 is 0.618 bits per heavy atom. The van der Waals surface area contributed by atoms with E-state index in [1.54, 1.807) is 6.20 Å². The zero-order valence-electron chi connectivity index (χ0n) is 17.7. The maximum absolute atomic E-state index is 6.41. The molecule has 0 aliphatic heterocycles. The molecule has 0 saturated heterocycles. The molecule has 0 bridgehead atoms. The van der Waals surface area contributed by atoms with Gasteiger partial charge >= 0.3 is 0 Å². The van der Waals surface area contributed by atoms with E-state index in [9.17, 15) is 0 Å². The second kappa shape index (κ2) is 7.33. The fourth-order valence-corrected chi connectivity index (χ4v) is 4.73. The van der Waals surface area contributed by atoms with Gasteiger partial charge in [-0.15, -0.1) is 0 Å². The molecule has 4 aromatic carbocycles. The summed E-state index contributed by atoms with van der Waals surface area (Å²) in [7, 11) is 0. The summed E-state index contributed by atoms with van der Waals surface area (Å²) in [6.45, 7) is 0. The van der Waals surface area contributed by atoms with E-state index in [-0.39, 0.29) is 5.28 Å². The summed E-state index contributed by atoms with van der Waals surface area (Å²) in [5.74, 6) is 0.987. The molecule has 0 N–H and O–H groups in total. The van der Waals surface area contributed by atoms with Gasteiger partial charge in [0.25, 0.3) is 0 Å². The summed E-state index contributed by atoms with van der Waals surface area (Å²) in [5.41, 5.74) is 3.02. The average Bonchev–Trinajstić information content (AvgIpc) is 3.26. The maximum Gasteiger partial charge on any atom is 0.227 e. The zero-order valence-corrected chi connectivity index (χ0v) is 18.5. The third-order valence-corrected chi connectivity index (χ3v) is 6.28. The molecule has 0 unspecified atom stereocenters. The number of para-hydroxylation sites is 1. The van der Waals surface area contributed by atoms with Gasteiger partial charge < -0.3 is 4.42 Å². The third kappa shape index (κ3) is 2.95. The van der Waals surface area contributed by atoms with Crippen molar-refractivity contribution in [2.45, 2.75) is 0 Å². The monoisotopic (exact) mass is 458 g/mol. The number of halogens is 1. The van der Waals surface area contributed by atoms with E-state index < -0.39 is 0 Å². The molecule has 0 radical (unpaired) electrons. The van der Waals surface area contributed by atoms with Gasteiger partial charge in [-0.05, 0) is 51.3 Å². The van der Waals surface area contributed by atoms with Crippen LogP contribution in [-0.4, -0.2) is 19.9 Å². The van der Waals surface area contributed by atoms with Crippen LogP contribution in [0.4, 0.5) is 0 Å². The molecule has 7 aromatic rings. The van der Waals surface area contributed by atoms with Gasteiger partial charge in [-0.25, -0.2) is 9.97 Å². The van der Waals surface area contributed by atoms with Gasteiger partial charge in [-0.1, -0.05) is 66.7 Å². The summed E-state index contributed by atoms with van der Waals surface area (Å²) in [6, 6.07) is 28.5. The zero-order chi connectivity index (χ0) is 22.6. The molecule has 0 spiro atoms. The van der Waals surface area contributed by atoms with E-state index >= 15 is 0 Å². The lowest BCUT2D eigenvalue weighted by molar-refractivity contribution is 0.654. The van der Waals surface area contributed by atoms with Crippen LogP contribution >= 0.6 is 11.6 Å². The lowest BCUT2D eigenvalue weighted by atomic mass is 9.97. The molecule has 0 saturated carbocycles. The maximum atomic E-state index is 6.41. The van der Waals surface area contributed by atoms with E-state index in [1.165, 1.54) is 5.39 Å². The van der Waals surface area contributed by atoms with Crippen molar-refractivity contribution in [3.8, 4) is 22.8 Å². The van der Waals surface area contributed by atoms with Gasteiger partial charge in [0.2, 0.25) is 11.0 Å². The number of fused-ring (bicyclic) bond motifs is 6. The Bertz CT molecular complexity index is 1890. The van der Waals surface area contributed by atoms with Crippen LogP contribution in [0.1, 0.15) is 0 Å². The smallest absolute Gasteiger partial charge is 0.227 e. The van der Waals surface area contributed by atoms with Crippen LogP contribution in [-0.2, 0) is 0 Å². The molecule has 0 aliphatic carbocycles. The first-order valence-corrected chi connectivity index (χ1v) is 11.2. The van der Waals surface area contributed by atoms with Crippen molar-refractivity contribution in [3.63, 3.8) is 0 Å². The largest absolute Gasteiger partial charge is 0.438 e. The Kier molecular flexibility index (Phi) is 4.13. The Morgan fingerprint density at radius 3 is 2.21 bits per heavy atom. The summed E-state index contributed by atoms with van der Waals surface area (Å²) < 4.78 is 5.86. The summed E-state index contributed by atoms with van der Waals surface area (Å²) >= 11 is 6.41. The van der Waals surface area contributed by atoms with Gasteiger partial charge in [0.15, 0.2) is 11.6 Å². The van der Waals surface area contributed by atoms with Crippen molar-refractivity contribution < 1.29 is 4.42 Å². The van der Waals surface area contributed by atoms with Crippen LogP contribution in [0, 0.1) is 0 Å². The minimum atomic E-state index is 0.134. The number of benzene rings is 4. The number of pyridine rings is 1. The predicted molar refractivity (Wildman–Crippen MR) is 136 cm³/mol. The molecule has 0 aliphatic rings. The van der Waals surface area contributed by atoms with Crippen molar-refractivity contribution in [2.24, 2.45) is 0 Å². The molecule has 34 heavy (non-hydrogen) atoms. The van der Waals surface area contributed by atoms with E-state index in [4.69, 9.17) is 21.0 Å². The Morgan fingerprint density at radius 2 is 1.32 bits per heavy atom. The number of furan rings is 1. The van der Waals surface area contributed by atoms with Crippen LogP contribution in [0.2, 0.25) is 5.28 Å². The van der Waals surface area contributed by atoms with Gasteiger partial charge in [0, 0.05) is 28.1 Å². The van der Waals surface area contributed by atoms with Gasteiger partial charge in [-0.3, -0.25) is 0 Å². The normalized spacial score (nSPS) is 11.7. The minimum absolute atomic E-state index is 0.134. The van der Waals surface area contributed by atoms with E-state index in [0.717, 1.165) is 43.6 Å². The molecule has 3 heterocycles. The number of rotatable bonds is 2. The van der Waals surface area contributed by atoms with Crippen molar-refractivity contribution in [1.82, 2.24) is 19.9 Å². The molecule has 5 nitrogen and oxygen atoms in total. The first-order chi connectivity index (χ1) is 16.7. The number of aromatic nitrogens is 4. The molecule has 0 atom stereocenters. The number of hydrogen-bond acceptors (Lipinski definition) is 5. The summed E-state index contributed by atoms with van der Waals surface area (Å²) in [4.78, 5) is 18.2. The highest BCUT2D eigenvalue weighted by atomic mass is 35.5. The number of hydrogen-bond donors (Lipinski definition) is 0. The van der Waals surface area contributed by atoms with E-state index in [2.05, 4.69) is 51.4 Å².